The Kier molecular flexibility index (Phi) is 4.83. The molecular weight excluding hydrogens is 353 g/mol. The number of aromatic nitrogens is 3. The van der Waals surface area contributed by atoms with Gasteiger partial charge in [0.2, 0.25) is 0 Å². The molecule has 2 aromatic heterocycles. The lowest BCUT2D eigenvalue weighted by Crippen LogP contribution is -2.33. The number of anilines is 1. The second-order valence-electron chi connectivity index (χ2n) is 8.87. The molecule has 0 radical (unpaired) electrons. The highest BCUT2D eigenvalue weighted by Gasteiger charge is 2.26. The summed E-state index contributed by atoms with van der Waals surface area (Å²) in [6.07, 6.45) is 3.99. The Labute approximate surface area is 165 Å². The van der Waals surface area contributed by atoms with Gasteiger partial charge in [-0.05, 0) is 50.2 Å². The van der Waals surface area contributed by atoms with E-state index in [1.165, 1.54) is 23.4 Å². The standard InChI is InChI=1S/C22H28FN5/c1-22(2,3)21-16(12-25-27-21)13-28-8-6-14(7-9-28)20-18(24)11-15-10-17(23)4-5-19(15)26-20/h4-5,10-12,14H,6-9,13,24H2,1-3H3,(H,25,27). The minimum absolute atomic E-state index is 0.0626. The zero-order valence-corrected chi connectivity index (χ0v) is 16.8. The number of hydrogen-bond donors (Lipinski definition) is 2. The molecule has 3 heterocycles. The van der Waals surface area contributed by atoms with Crippen LogP contribution in [-0.2, 0) is 12.0 Å². The Bertz CT molecular complexity index is 980. The average Bonchev–Trinajstić information content (AvgIpc) is 3.10. The van der Waals surface area contributed by atoms with E-state index in [0.29, 0.717) is 11.6 Å². The minimum Gasteiger partial charge on any atom is -0.397 e. The third-order valence-corrected chi connectivity index (χ3v) is 5.67. The van der Waals surface area contributed by atoms with E-state index in [0.717, 1.165) is 49.1 Å². The minimum atomic E-state index is -0.261. The number of fused-ring (bicyclic) bond motifs is 1. The summed E-state index contributed by atoms with van der Waals surface area (Å²) in [5.41, 5.74) is 11.2. The number of piperidine rings is 1. The molecule has 0 spiro atoms. The van der Waals surface area contributed by atoms with Crippen LogP contribution in [0, 0.1) is 5.82 Å². The van der Waals surface area contributed by atoms with Crippen molar-refractivity contribution in [3.05, 3.63) is 53.2 Å². The first-order valence-corrected chi connectivity index (χ1v) is 9.92. The molecule has 1 aromatic carbocycles. The van der Waals surface area contributed by atoms with E-state index < -0.39 is 0 Å². The van der Waals surface area contributed by atoms with Crippen LogP contribution in [-0.4, -0.2) is 33.2 Å². The first-order chi connectivity index (χ1) is 13.3. The van der Waals surface area contributed by atoms with E-state index in [2.05, 4.69) is 35.9 Å². The van der Waals surface area contributed by atoms with Crippen molar-refractivity contribution in [3.8, 4) is 0 Å². The van der Waals surface area contributed by atoms with Gasteiger partial charge in [0, 0.05) is 34.5 Å². The lowest BCUT2D eigenvalue weighted by molar-refractivity contribution is 0.202. The van der Waals surface area contributed by atoms with Gasteiger partial charge in [-0.3, -0.25) is 15.0 Å². The molecule has 3 N–H and O–H groups in total. The van der Waals surface area contributed by atoms with Crippen molar-refractivity contribution in [2.75, 3.05) is 18.8 Å². The molecule has 0 amide bonds. The zero-order valence-electron chi connectivity index (χ0n) is 16.8. The van der Waals surface area contributed by atoms with Gasteiger partial charge in [0.1, 0.15) is 5.82 Å². The normalized spacial score (nSPS) is 16.7. The number of nitrogens with zero attached hydrogens (tertiary/aromatic N) is 3. The van der Waals surface area contributed by atoms with Crippen LogP contribution in [0.5, 0.6) is 0 Å². The Morgan fingerprint density at radius 3 is 2.68 bits per heavy atom. The molecule has 5 nitrogen and oxygen atoms in total. The molecular formula is C22H28FN5. The van der Waals surface area contributed by atoms with Crippen LogP contribution in [0.1, 0.15) is 56.5 Å². The van der Waals surface area contributed by atoms with Crippen LogP contribution in [0.15, 0.2) is 30.5 Å². The van der Waals surface area contributed by atoms with Crippen LogP contribution in [0.2, 0.25) is 0 Å². The summed E-state index contributed by atoms with van der Waals surface area (Å²) in [4.78, 5) is 7.24. The number of benzene rings is 1. The number of halogens is 1. The molecule has 0 unspecified atom stereocenters. The molecule has 6 heteroatoms. The fourth-order valence-corrected chi connectivity index (χ4v) is 4.19. The quantitative estimate of drug-likeness (QED) is 0.707. The maximum Gasteiger partial charge on any atom is 0.123 e. The summed E-state index contributed by atoms with van der Waals surface area (Å²) in [5, 5.41) is 8.18. The molecule has 1 aliphatic heterocycles. The first-order valence-electron chi connectivity index (χ1n) is 9.92. The molecule has 0 aliphatic carbocycles. The van der Waals surface area contributed by atoms with Crippen LogP contribution in [0.3, 0.4) is 0 Å². The summed E-state index contributed by atoms with van der Waals surface area (Å²) < 4.78 is 13.4. The third kappa shape index (κ3) is 3.74. The highest BCUT2D eigenvalue weighted by molar-refractivity contribution is 5.82. The largest absolute Gasteiger partial charge is 0.397 e. The summed E-state index contributed by atoms with van der Waals surface area (Å²) in [6.45, 7) is 9.53. The Morgan fingerprint density at radius 2 is 1.96 bits per heavy atom. The molecule has 3 aromatic rings. The van der Waals surface area contributed by atoms with E-state index >= 15 is 0 Å². The van der Waals surface area contributed by atoms with E-state index in [4.69, 9.17) is 10.7 Å². The Morgan fingerprint density at radius 1 is 1.21 bits per heavy atom. The molecule has 0 saturated carbocycles. The van der Waals surface area contributed by atoms with Gasteiger partial charge in [-0.1, -0.05) is 20.8 Å². The van der Waals surface area contributed by atoms with Gasteiger partial charge in [-0.15, -0.1) is 0 Å². The molecule has 1 aliphatic rings. The predicted octanol–water partition coefficient (Wildman–Crippen LogP) is 4.36. The highest BCUT2D eigenvalue weighted by atomic mass is 19.1. The first kappa shape index (κ1) is 18.9. The van der Waals surface area contributed by atoms with Gasteiger partial charge in [0.05, 0.1) is 23.1 Å². The number of hydrogen-bond acceptors (Lipinski definition) is 4. The van der Waals surface area contributed by atoms with E-state index in [1.54, 1.807) is 6.07 Å². The maximum atomic E-state index is 13.4. The van der Waals surface area contributed by atoms with Crippen molar-refractivity contribution in [3.63, 3.8) is 0 Å². The number of likely N-dealkylation sites (tertiary alicyclic amines) is 1. The van der Waals surface area contributed by atoms with Crippen LogP contribution in [0.25, 0.3) is 10.9 Å². The van der Waals surface area contributed by atoms with E-state index in [1.807, 2.05) is 12.3 Å². The second-order valence-corrected chi connectivity index (χ2v) is 8.87. The number of nitrogens with two attached hydrogens (primary N) is 1. The number of rotatable bonds is 3. The predicted molar refractivity (Wildman–Crippen MR) is 111 cm³/mol. The van der Waals surface area contributed by atoms with Crippen LogP contribution < -0.4 is 5.73 Å². The molecule has 4 rings (SSSR count). The van der Waals surface area contributed by atoms with Crippen LogP contribution >= 0.6 is 0 Å². The molecule has 1 fully saturated rings. The van der Waals surface area contributed by atoms with Gasteiger partial charge < -0.3 is 5.73 Å². The molecule has 0 atom stereocenters. The lowest BCUT2D eigenvalue weighted by atomic mass is 9.88. The summed E-state index contributed by atoms with van der Waals surface area (Å²) in [5.74, 6) is 0.0840. The Hall–Kier alpha value is -2.47. The van der Waals surface area contributed by atoms with Gasteiger partial charge in [-0.25, -0.2) is 4.39 Å². The Balaban J connectivity index is 1.46. The van der Waals surface area contributed by atoms with Gasteiger partial charge >= 0.3 is 0 Å². The van der Waals surface area contributed by atoms with Gasteiger partial charge in [0.25, 0.3) is 0 Å². The summed E-state index contributed by atoms with van der Waals surface area (Å²) in [6, 6.07) is 6.53. The van der Waals surface area contributed by atoms with Crippen molar-refractivity contribution in [2.45, 2.75) is 51.5 Å². The fraction of sp³-hybridized carbons (Fsp3) is 0.455. The number of nitrogen functional groups attached to an aromatic ring is 1. The monoisotopic (exact) mass is 381 g/mol. The molecule has 0 bridgehead atoms. The van der Waals surface area contributed by atoms with Crippen LogP contribution in [0.4, 0.5) is 10.1 Å². The highest BCUT2D eigenvalue weighted by Crippen LogP contribution is 2.33. The SMILES string of the molecule is CC(C)(C)c1[nH]ncc1CN1CCC(c2nc3ccc(F)cc3cc2N)CC1. The number of nitrogens with one attached hydrogen (secondary N) is 1. The average molecular weight is 381 g/mol. The van der Waals surface area contributed by atoms with E-state index in [9.17, 15) is 4.39 Å². The van der Waals surface area contributed by atoms with Crippen molar-refractivity contribution in [1.82, 2.24) is 20.1 Å². The van der Waals surface area contributed by atoms with E-state index in [-0.39, 0.29) is 11.2 Å². The van der Waals surface area contributed by atoms with Crippen molar-refractivity contribution >= 4 is 16.6 Å². The van der Waals surface area contributed by atoms with Crippen molar-refractivity contribution in [2.24, 2.45) is 0 Å². The molecule has 148 valence electrons. The lowest BCUT2D eigenvalue weighted by Gasteiger charge is -2.32. The fourth-order valence-electron chi connectivity index (χ4n) is 4.19. The topological polar surface area (TPSA) is 70.8 Å². The van der Waals surface area contributed by atoms with Gasteiger partial charge in [0.15, 0.2) is 0 Å². The zero-order chi connectivity index (χ0) is 19.9. The number of aromatic amines is 1. The molecule has 28 heavy (non-hydrogen) atoms. The second kappa shape index (κ2) is 7.17. The van der Waals surface area contributed by atoms with Gasteiger partial charge in [-0.2, -0.15) is 5.10 Å². The number of pyridine rings is 1. The van der Waals surface area contributed by atoms with Crippen molar-refractivity contribution in [1.29, 1.82) is 0 Å². The molecule has 1 saturated heterocycles. The number of H-pyrrole nitrogens is 1. The smallest absolute Gasteiger partial charge is 0.123 e. The maximum absolute atomic E-state index is 13.4. The van der Waals surface area contributed by atoms with Crippen molar-refractivity contribution < 1.29 is 4.39 Å². The summed E-state index contributed by atoms with van der Waals surface area (Å²) in [7, 11) is 0. The third-order valence-electron chi connectivity index (χ3n) is 5.67. The summed E-state index contributed by atoms with van der Waals surface area (Å²) >= 11 is 0.